The summed E-state index contributed by atoms with van der Waals surface area (Å²) in [5, 5.41) is 0.723. The zero-order chi connectivity index (χ0) is 9.68. The van der Waals surface area contributed by atoms with Crippen molar-refractivity contribution in [2.24, 2.45) is 5.92 Å². The molecule has 1 heterocycles. The van der Waals surface area contributed by atoms with Crippen LogP contribution in [0.1, 0.15) is 13.3 Å². The van der Waals surface area contributed by atoms with Crippen molar-refractivity contribution in [1.82, 2.24) is 4.90 Å². The quantitative estimate of drug-likeness (QED) is 0.679. The third kappa shape index (κ3) is 4.12. The maximum atomic E-state index is 5.77. The van der Waals surface area contributed by atoms with E-state index in [2.05, 4.69) is 18.4 Å². The van der Waals surface area contributed by atoms with Gasteiger partial charge in [-0.1, -0.05) is 25.1 Å². The number of nitrogens with zero attached hydrogens (tertiary/aromatic N) is 1. The number of ether oxygens (including phenoxy) is 1. The minimum Gasteiger partial charge on any atom is -0.381 e. The third-order valence-electron chi connectivity index (χ3n) is 2.38. The van der Waals surface area contributed by atoms with Crippen molar-refractivity contribution in [1.29, 1.82) is 0 Å². The van der Waals surface area contributed by atoms with Gasteiger partial charge in [0, 0.05) is 24.7 Å². The highest BCUT2D eigenvalue weighted by molar-refractivity contribution is 6.29. The molecular weight excluding hydrogens is 186 g/mol. The number of halogens is 1. The van der Waals surface area contributed by atoms with E-state index >= 15 is 0 Å². The highest BCUT2D eigenvalue weighted by atomic mass is 35.5. The SMILES string of the molecule is C=C(Cl)CN(CC)CC1CCOC1. The van der Waals surface area contributed by atoms with Crippen molar-refractivity contribution < 1.29 is 4.74 Å². The van der Waals surface area contributed by atoms with E-state index in [1.807, 2.05) is 0 Å². The van der Waals surface area contributed by atoms with Gasteiger partial charge in [-0.05, 0) is 18.9 Å². The summed E-state index contributed by atoms with van der Waals surface area (Å²) in [6.45, 7) is 10.6. The molecule has 0 aromatic carbocycles. The Labute approximate surface area is 85.5 Å². The fourth-order valence-electron chi connectivity index (χ4n) is 1.64. The second-order valence-corrected chi connectivity index (χ2v) is 4.11. The van der Waals surface area contributed by atoms with E-state index in [1.54, 1.807) is 0 Å². The smallest absolute Gasteiger partial charge is 0.0507 e. The fraction of sp³-hybridized carbons (Fsp3) is 0.800. The highest BCUT2D eigenvalue weighted by Gasteiger charge is 2.18. The minimum absolute atomic E-state index is 0.691. The molecule has 0 aromatic rings. The third-order valence-corrected chi connectivity index (χ3v) is 2.50. The van der Waals surface area contributed by atoms with Crippen LogP contribution in [0.25, 0.3) is 0 Å². The van der Waals surface area contributed by atoms with Crippen molar-refractivity contribution in [3.05, 3.63) is 11.6 Å². The van der Waals surface area contributed by atoms with Crippen LogP contribution in [-0.2, 0) is 4.74 Å². The summed E-state index contributed by atoms with van der Waals surface area (Å²) < 4.78 is 5.33. The minimum atomic E-state index is 0.691. The van der Waals surface area contributed by atoms with Crippen molar-refractivity contribution in [3.8, 4) is 0 Å². The molecule has 2 nitrogen and oxygen atoms in total. The summed E-state index contributed by atoms with van der Waals surface area (Å²) in [5.74, 6) is 0.691. The summed E-state index contributed by atoms with van der Waals surface area (Å²) in [6, 6.07) is 0. The van der Waals surface area contributed by atoms with E-state index in [0.717, 1.165) is 37.9 Å². The molecule has 13 heavy (non-hydrogen) atoms. The molecule has 0 aliphatic carbocycles. The first-order valence-electron chi connectivity index (χ1n) is 4.85. The Balaban J connectivity index is 2.25. The van der Waals surface area contributed by atoms with Gasteiger partial charge in [-0.3, -0.25) is 4.90 Å². The van der Waals surface area contributed by atoms with Gasteiger partial charge in [-0.2, -0.15) is 0 Å². The Hall–Kier alpha value is -0.0500. The van der Waals surface area contributed by atoms with Crippen LogP contribution in [0.2, 0.25) is 0 Å². The van der Waals surface area contributed by atoms with E-state index in [4.69, 9.17) is 16.3 Å². The summed E-state index contributed by atoms with van der Waals surface area (Å²) in [6.07, 6.45) is 1.19. The van der Waals surface area contributed by atoms with Crippen LogP contribution in [0.15, 0.2) is 11.6 Å². The first-order chi connectivity index (χ1) is 6.22. The predicted molar refractivity (Wildman–Crippen MR) is 56.0 cm³/mol. The second-order valence-electron chi connectivity index (χ2n) is 3.57. The molecule has 1 unspecified atom stereocenters. The molecule has 0 radical (unpaired) electrons. The van der Waals surface area contributed by atoms with E-state index in [1.165, 1.54) is 6.42 Å². The zero-order valence-corrected chi connectivity index (χ0v) is 9.02. The van der Waals surface area contributed by atoms with Crippen LogP contribution in [0, 0.1) is 5.92 Å². The molecule has 0 saturated carbocycles. The van der Waals surface area contributed by atoms with E-state index in [0.29, 0.717) is 5.92 Å². The first-order valence-corrected chi connectivity index (χ1v) is 5.23. The molecule has 0 amide bonds. The second kappa shape index (κ2) is 5.63. The molecule has 0 aromatic heterocycles. The predicted octanol–water partition coefficient (Wildman–Crippen LogP) is 2.10. The Bertz CT molecular complexity index is 166. The molecule has 1 aliphatic rings. The zero-order valence-electron chi connectivity index (χ0n) is 8.26. The summed E-state index contributed by atoms with van der Waals surface area (Å²) >= 11 is 5.77. The largest absolute Gasteiger partial charge is 0.381 e. The molecular formula is C10H18ClNO. The summed E-state index contributed by atoms with van der Waals surface area (Å²) in [7, 11) is 0. The standard InChI is InChI=1S/C10H18ClNO/c1-3-12(6-9(2)11)7-10-4-5-13-8-10/h10H,2-8H2,1H3. The molecule has 1 saturated heterocycles. The van der Waals surface area contributed by atoms with Crippen LogP contribution in [-0.4, -0.2) is 37.7 Å². The molecule has 0 N–H and O–H groups in total. The van der Waals surface area contributed by atoms with Crippen LogP contribution >= 0.6 is 11.6 Å². The van der Waals surface area contributed by atoms with Crippen LogP contribution in [0.5, 0.6) is 0 Å². The maximum absolute atomic E-state index is 5.77. The van der Waals surface area contributed by atoms with E-state index in [9.17, 15) is 0 Å². The lowest BCUT2D eigenvalue weighted by molar-refractivity contribution is 0.172. The van der Waals surface area contributed by atoms with Gasteiger partial charge in [0.05, 0.1) is 6.61 Å². The van der Waals surface area contributed by atoms with Crippen LogP contribution in [0.4, 0.5) is 0 Å². The van der Waals surface area contributed by atoms with Gasteiger partial charge in [0.25, 0.3) is 0 Å². The van der Waals surface area contributed by atoms with Crippen molar-refractivity contribution >= 4 is 11.6 Å². The van der Waals surface area contributed by atoms with Crippen LogP contribution < -0.4 is 0 Å². The Kier molecular flexibility index (Phi) is 4.78. The van der Waals surface area contributed by atoms with Gasteiger partial charge < -0.3 is 4.74 Å². The van der Waals surface area contributed by atoms with Gasteiger partial charge in [0.2, 0.25) is 0 Å². The lowest BCUT2D eigenvalue weighted by atomic mass is 10.1. The molecule has 0 spiro atoms. The molecule has 76 valence electrons. The summed E-state index contributed by atoms with van der Waals surface area (Å²) in [5.41, 5.74) is 0. The number of likely N-dealkylation sites (N-methyl/N-ethyl adjacent to an activating group) is 1. The molecule has 1 rings (SSSR count). The molecule has 1 atom stereocenters. The van der Waals surface area contributed by atoms with Gasteiger partial charge in [0.1, 0.15) is 0 Å². The Morgan fingerprint density at radius 2 is 2.46 bits per heavy atom. The van der Waals surface area contributed by atoms with E-state index < -0.39 is 0 Å². The monoisotopic (exact) mass is 203 g/mol. The lowest BCUT2D eigenvalue weighted by Crippen LogP contribution is -2.30. The normalized spacial score (nSPS) is 22.5. The average molecular weight is 204 g/mol. The summed E-state index contributed by atoms with van der Waals surface area (Å²) in [4.78, 5) is 2.31. The van der Waals surface area contributed by atoms with Gasteiger partial charge in [-0.25, -0.2) is 0 Å². The Morgan fingerprint density at radius 3 is 2.92 bits per heavy atom. The number of hydrogen-bond acceptors (Lipinski definition) is 2. The van der Waals surface area contributed by atoms with Gasteiger partial charge in [0.15, 0.2) is 0 Å². The fourth-order valence-corrected chi connectivity index (χ4v) is 1.81. The van der Waals surface area contributed by atoms with Crippen molar-refractivity contribution in [3.63, 3.8) is 0 Å². The number of rotatable bonds is 5. The van der Waals surface area contributed by atoms with E-state index in [-0.39, 0.29) is 0 Å². The van der Waals surface area contributed by atoms with Gasteiger partial charge in [-0.15, -0.1) is 0 Å². The molecule has 1 aliphatic heterocycles. The first kappa shape index (κ1) is 11.0. The Morgan fingerprint density at radius 1 is 1.69 bits per heavy atom. The molecule has 1 fully saturated rings. The van der Waals surface area contributed by atoms with Crippen molar-refractivity contribution in [2.75, 3.05) is 32.8 Å². The van der Waals surface area contributed by atoms with Crippen LogP contribution in [0.3, 0.4) is 0 Å². The molecule has 0 bridgehead atoms. The molecule has 3 heteroatoms. The maximum Gasteiger partial charge on any atom is 0.0507 e. The highest BCUT2D eigenvalue weighted by Crippen LogP contribution is 2.14. The van der Waals surface area contributed by atoms with Crippen molar-refractivity contribution in [2.45, 2.75) is 13.3 Å². The number of hydrogen-bond donors (Lipinski definition) is 0. The lowest BCUT2D eigenvalue weighted by Gasteiger charge is -2.22. The van der Waals surface area contributed by atoms with Gasteiger partial charge >= 0.3 is 0 Å². The average Bonchev–Trinajstić information content (AvgIpc) is 2.55. The topological polar surface area (TPSA) is 12.5 Å².